The van der Waals surface area contributed by atoms with Crippen LogP contribution < -0.4 is 0 Å². The molecule has 0 aromatic carbocycles. The van der Waals surface area contributed by atoms with Gasteiger partial charge in [-0.1, -0.05) is 19.4 Å². The minimum Gasteiger partial charge on any atom is -0.460 e. The zero-order valence-electron chi connectivity index (χ0n) is 16.4. The van der Waals surface area contributed by atoms with E-state index in [0.29, 0.717) is 5.57 Å². The van der Waals surface area contributed by atoms with Gasteiger partial charge in [-0.15, -0.1) is 0 Å². The summed E-state index contributed by atoms with van der Waals surface area (Å²) in [5, 5.41) is 54.4. The molecule has 1 saturated heterocycles. The maximum atomic E-state index is 12.5. The van der Waals surface area contributed by atoms with Crippen molar-refractivity contribution < 1.29 is 39.9 Å². The average Bonchev–Trinajstić information content (AvgIpc) is 2.58. The molecule has 11 atom stereocenters. The minimum atomic E-state index is -1.97. The molecule has 0 amide bonds. The number of aliphatic hydroxyl groups is 5. The summed E-state index contributed by atoms with van der Waals surface area (Å²) in [5.41, 5.74) is -3.60. The third kappa shape index (κ3) is 2.02. The van der Waals surface area contributed by atoms with Crippen molar-refractivity contribution in [2.24, 2.45) is 28.6 Å². The molecule has 3 fully saturated rings. The highest BCUT2D eigenvalue weighted by Gasteiger charge is 2.76. The van der Waals surface area contributed by atoms with Gasteiger partial charge in [-0.25, -0.2) is 4.79 Å². The quantitative estimate of drug-likeness (QED) is 0.325. The molecule has 4 aliphatic rings. The van der Waals surface area contributed by atoms with Gasteiger partial charge in [0.2, 0.25) is 0 Å². The number of ketones is 1. The van der Waals surface area contributed by atoms with Gasteiger partial charge in [-0.2, -0.15) is 0 Å². The van der Waals surface area contributed by atoms with Crippen LogP contribution >= 0.6 is 0 Å². The SMILES string of the molecule is CC1=CC(=O)C(O)C2(C)C1CC1OC(=O)C(O)C3C(C)(O)C(O)C(O)C2C13C. The fourth-order valence-corrected chi connectivity index (χ4v) is 7.21. The Kier molecular flexibility index (Phi) is 4.02. The number of hydrogen-bond donors (Lipinski definition) is 5. The van der Waals surface area contributed by atoms with E-state index in [1.54, 1.807) is 20.8 Å². The maximum absolute atomic E-state index is 12.5. The van der Waals surface area contributed by atoms with E-state index in [1.165, 1.54) is 13.0 Å². The Bertz CT molecular complexity index is 774. The lowest BCUT2D eigenvalue weighted by Crippen LogP contribution is -2.80. The van der Waals surface area contributed by atoms with Crippen LogP contribution in [-0.4, -0.2) is 73.4 Å². The highest BCUT2D eigenvalue weighted by molar-refractivity contribution is 5.96. The summed E-state index contributed by atoms with van der Waals surface area (Å²) in [5.74, 6) is -3.79. The monoisotopic (exact) mass is 396 g/mol. The number of carbonyl (C=O) groups is 2. The molecule has 11 unspecified atom stereocenters. The number of allylic oxidation sites excluding steroid dienone is 1. The smallest absolute Gasteiger partial charge is 0.335 e. The zero-order valence-corrected chi connectivity index (χ0v) is 16.4. The number of fused-ring (bicyclic) bond motifs is 2. The van der Waals surface area contributed by atoms with Crippen LogP contribution in [0.4, 0.5) is 0 Å². The summed E-state index contributed by atoms with van der Waals surface area (Å²) in [6.45, 7) is 6.43. The van der Waals surface area contributed by atoms with Gasteiger partial charge in [-0.3, -0.25) is 4.79 Å². The Hall–Kier alpha value is -1.32. The maximum Gasteiger partial charge on any atom is 0.335 e. The first-order valence-electron chi connectivity index (χ1n) is 9.67. The second-order valence-corrected chi connectivity index (χ2v) is 9.70. The van der Waals surface area contributed by atoms with E-state index in [1.807, 2.05) is 0 Å². The molecule has 8 heteroatoms. The van der Waals surface area contributed by atoms with Crippen LogP contribution in [0.2, 0.25) is 0 Å². The number of carbonyl (C=O) groups excluding carboxylic acids is 2. The molecule has 0 bridgehead atoms. The summed E-state index contributed by atoms with van der Waals surface area (Å²) in [7, 11) is 0. The molecule has 28 heavy (non-hydrogen) atoms. The molecule has 2 saturated carbocycles. The van der Waals surface area contributed by atoms with Crippen molar-refractivity contribution in [3.05, 3.63) is 11.6 Å². The summed E-state index contributed by atoms with van der Waals surface area (Å²) < 4.78 is 5.54. The van der Waals surface area contributed by atoms with Crippen LogP contribution in [0.3, 0.4) is 0 Å². The lowest BCUT2D eigenvalue weighted by molar-refractivity contribution is -0.335. The number of ether oxygens (including phenoxy) is 1. The zero-order chi connectivity index (χ0) is 21.0. The molecule has 8 nitrogen and oxygen atoms in total. The van der Waals surface area contributed by atoms with Crippen LogP contribution in [0.5, 0.6) is 0 Å². The molecule has 0 aromatic heterocycles. The summed E-state index contributed by atoms with van der Waals surface area (Å²) in [6.07, 6.45) is -5.40. The van der Waals surface area contributed by atoms with Gasteiger partial charge < -0.3 is 30.3 Å². The molecule has 0 radical (unpaired) electrons. The molecule has 156 valence electrons. The minimum absolute atomic E-state index is 0.282. The Balaban J connectivity index is 1.99. The molecule has 1 aliphatic heterocycles. The summed E-state index contributed by atoms with van der Waals surface area (Å²) in [4.78, 5) is 24.8. The topological polar surface area (TPSA) is 145 Å². The van der Waals surface area contributed by atoms with Crippen molar-refractivity contribution in [2.75, 3.05) is 0 Å². The largest absolute Gasteiger partial charge is 0.460 e. The number of esters is 1. The average molecular weight is 396 g/mol. The van der Waals surface area contributed by atoms with Gasteiger partial charge >= 0.3 is 5.97 Å². The Morgan fingerprint density at radius 3 is 2.25 bits per heavy atom. The Labute approximate surface area is 162 Å². The highest BCUT2D eigenvalue weighted by Crippen LogP contribution is 2.68. The van der Waals surface area contributed by atoms with E-state index in [2.05, 4.69) is 0 Å². The second kappa shape index (κ2) is 5.64. The van der Waals surface area contributed by atoms with Crippen LogP contribution in [0.1, 0.15) is 34.1 Å². The van der Waals surface area contributed by atoms with E-state index in [9.17, 15) is 35.1 Å². The van der Waals surface area contributed by atoms with Crippen molar-refractivity contribution in [1.29, 1.82) is 0 Å². The lowest BCUT2D eigenvalue weighted by atomic mass is 9.37. The van der Waals surface area contributed by atoms with E-state index >= 15 is 0 Å². The van der Waals surface area contributed by atoms with Gasteiger partial charge in [0.25, 0.3) is 0 Å². The van der Waals surface area contributed by atoms with Crippen molar-refractivity contribution in [1.82, 2.24) is 0 Å². The lowest BCUT2D eigenvalue weighted by Gasteiger charge is -2.70. The Morgan fingerprint density at radius 1 is 1.04 bits per heavy atom. The van der Waals surface area contributed by atoms with Crippen molar-refractivity contribution in [2.45, 2.75) is 70.2 Å². The van der Waals surface area contributed by atoms with E-state index in [4.69, 9.17) is 4.74 Å². The molecule has 5 N–H and O–H groups in total. The number of hydrogen-bond acceptors (Lipinski definition) is 8. The van der Waals surface area contributed by atoms with E-state index in [0.717, 1.165) is 0 Å². The molecular formula is C20H28O8. The van der Waals surface area contributed by atoms with Gasteiger partial charge in [0, 0.05) is 22.7 Å². The van der Waals surface area contributed by atoms with Crippen LogP contribution in [-0.2, 0) is 14.3 Å². The third-order valence-corrected chi connectivity index (χ3v) is 8.39. The first kappa shape index (κ1) is 20.0. The molecular weight excluding hydrogens is 368 g/mol. The molecule has 4 rings (SSSR count). The van der Waals surface area contributed by atoms with Crippen LogP contribution in [0.15, 0.2) is 11.6 Å². The standard InChI is InChI=1S/C20H28O8/c1-7-5-9(21)15(24)18(2)8(7)6-10-19(3)13(18)11(22)16(25)20(4,27)14(19)12(23)17(26)28-10/h5,8,10-16,22-25,27H,6H2,1-4H3. The first-order valence-corrected chi connectivity index (χ1v) is 9.67. The van der Waals surface area contributed by atoms with Gasteiger partial charge in [0.1, 0.15) is 18.3 Å². The predicted molar refractivity (Wildman–Crippen MR) is 94.6 cm³/mol. The summed E-state index contributed by atoms with van der Waals surface area (Å²) in [6, 6.07) is 0. The van der Waals surface area contributed by atoms with Crippen molar-refractivity contribution in [3.8, 4) is 0 Å². The predicted octanol–water partition coefficient (Wildman–Crippen LogP) is -1.09. The van der Waals surface area contributed by atoms with Crippen molar-refractivity contribution >= 4 is 11.8 Å². The fraction of sp³-hybridized carbons (Fsp3) is 0.800. The Morgan fingerprint density at radius 2 is 1.64 bits per heavy atom. The number of aliphatic hydroxyl groups excluding tert-OH is 4. The molecule has 0 spiro atoms. The van der Waals surface area contributed by atoms with Crippen molar-refractivity contribution in [3.63, 3.8) is 0 Å². The van der Waals surface area contributed by atoms with Crippen LogP contribution in [0.25, 0.3) is 0 Å². The van der Waals surface area contributed by atoms with E-state index in [-0.39, 0.29) is 12.3 Å². The fourth-order valence-electron chi connectivity index (χ4n) is 7.21. The highest BCUT2D eigenvalue weighted by atomic mass is 16.6. The van der Waals surface area contributed by atoms with Gasteiger partial charge in [-0.05, 0) is 32.3 Å². The molecule has 3 aliphatic carbocycles. The summed E-state index contributed by atoms with van der Waals surface area (Å²) >= 11 is 0. The van der Waals surface area contributed by atoms with Crippen LogP contribution in [0, 0.1) is 28.6 Å². The second-order valence-electron chi connectivity index (χ2n) is 9.70. The molecule has 0 aromatic rings. The first-order chi connectivity index (χ1) is 12.8. The van der Waals surface area contributed by atoms with E-state index < -0.39 is 70.5 Å². The number of rotatable bonds is 0. The molecule has 1 heterocycles. The third-order valence-electron chi connectivity index (χ3n) is 8.39. The normalized spacial score (nSPS) is 58.4. The van der Waals surface area contributed by atoms with Gasteiger partial charge in [0.05, 0.1) is 11.7 Å². The van der Waals surface area contributed by atoms with Gasteiger partial charge in [0.15, 0.2) is 11.9 Å².